The Hall–Kier alpha value is -0.0900. The molecule has 0 bridgehead atoms. The molecule has 0 aromatic rings. The molecule has 1 atom stereocenters. The Morgan fingerprint density at radius 3 is 2.27 bits per heavy atom. The lowest BCUT2D eigenvalue weighted by atomic mass is 10.4. The van der Waals surface area contributed by atoms with Crippen molar-refractivity contribution in [1.82, 2.24) is 5.32 Å². The van der Waals surface area contributed by atoms with Crippen molar-refractivity contribution in [2.45, 2.75) is 26.8 Å². The number of rotatable bonds is 5. The first-order chi connectivity index (χ1) is 5.02. The maximum Gasteiger partial charge on any atom is 0.151 e. The standard InChI is InChI=1S/C7H17NO2S/c1-4-8-7(3)6-11(9,10)5-2/h7-8H,4-6H2,1-3H3. The van der Waals surface area contributed by atoms with Crippen LogP contribution < -0.4 is 5.32 Å². The molecule has 0 radical (unpaired) electrons. The summed E-state index contributed by atoms with van der Waals surface area (Å²) in [6, 6.07) is 0.0740. The molecule has 0 aliphatic heterocycles. The quantitative estimate of drug-likeness (QED) is 0.665. The first-order valence-electron chi connectivity index (χ1n) is 3.95. The SMILES string of the molecule is CCNC(C)CS(=O)(=O)CC. The van der Waals surface area contributed by atoms with Crippen molar-refractivity contribution in [2.75, 3.05) is 18.1 Å². The van der Waals surface area contributed by atoms with E-state index in [0.717, 1.165) is 6.54 Å². The van der Waals surface area contributed by atoms with Crippen molar-refractivity contribution in [3.05, 3.63) is 0 Å². The van der Waals surface area contributed by atoms with E-state index in [-0.39, 0.29) is 17.5 Å². The van der Waals surface area contributed by atoms with E-state index >= 15 is 0 Å². The molecule has 1 unspecified atom stereocenters. The largest absolute Gasteiger partial charge is 0.314 e. The normalized spacial score (nSPS) is 14.8. The Morgan fingerprint density at radius 1 is 1.36 bits per heavy atom. The van der Waals surface area contributed by atoms with E-state index in [1.165, 1.54) is 0 Å². The highest BCUT2D eigenvalue weighted by molar-refractivity contribution is 7.91. The topological polar surface area (TPSA) is 46.2 Å². The van der Waals surface area contributed by atoms with Crippen LogP contribution in [0.2, 0.25) is 0 Å². The molecule has 0 saturated heterocycles. The Labute approximate surface area is 69.1 Å². The first kappa shape index (κ1) is 10.9. The molecule has 68 valence electrons. The molecule has 0 amide bonds. The zero-order valence-corrected chi connectivity index (χ0v) is 8.24. The minimum Gasteiger partial charge on any atom is -0.314 e. The van der Waals surface area contributed by atoms with Crippen molar-refractivity contribution in [1.29, 1.82) is 0 Å². The smallest absolute Gasteiger partial charge is 0.151 e. The van der Waals surface area contributed by atoms with Crippen LogP contribution >= 0.6 is 0 Å². The van der Waals surface area contributed by atoms with E-state index in [1.807, 2.05) is 13.8 Å². The van der Waals surface area contributed by atoms with Crippen LogP contribution in [0, 0.1) is 0 Å². The summed E-state index contributed by atoms with van der Waals surface area (Å²) in [4.78, 5) is 0. The van der Waals surface area contributed by atoms with Gasteiger partial charge in [0.2, 0.25) is 0 Å². The Bertz CT molecular complexity index is 187. The third-order valence-electron chi connectivity index (χ3n) is 1.50. The number of sulfone groups is 1. The lowest BCUT2D eigenvalue weighted by Crippen LogP contribution is -2.33. The van der Waals surface area contributed by atoms with Crippen molar-refractivity contribution in [2.24, 2.45) is 0 Å². The van der Waals surface area contributed by atoms with Gasteiger partial charge < -0.3 is 5.32 Å². The van der Waals surface area contributed by atoms with Crippen LogP contribution in [0.1, 0.15) is 20.8 Å². The first-order valence-corrected chi connectivity index (χ1v) is 5.77. The van der Waals surface area contributed by atoms with Gasteiger partial charge in [-0.15, -0.1) is 0 Å². The molecule has 0 heterocycles. The van der Waals surface area contributed by atoms with Gasteiger partial charge in [-0.25, -0.2) is 8.42 Å². The summed E-state index contributed by atoms with van der Waals surface area (Å²) in [5.74, 6) is 0.486. The molecule has 0 aromatic carbocycles. The van der Waals surface area contributed by atoms with E-state index in [0.29, 0.717) is 0 Å². The van der Waals surface area contributed by atoms with Gasteiger partial charge in [0.15, 0.2) is 9.84 Å². The van der Waals surface area contributed by atoms with Crippen LogP contribution in [-0.4, -0.2) is 32.5 Å². The molecule has 0 rings (SSSR count). The second-order valence-electron chi connectivity index (χ2n) is 2.66. The monoisotopic (exact) mass is 179 g/mol. The Kier molecular flexibility index (Phi) is 4.68. The molecule has 0 spiro atoms. The molecule has 0 aliphatic carbocycles. The van der Waals surface area contributed by atoms with Crippen LogP contribution in [0.5, 0.6) is 0 Å². The third kappa shape index (κ3) is 5.21. The fourth-order valence-corrected chi connectivity index (χ4v) is 2.02. The highest BCUT2D eigenvalue weighted by atomic mass is 32.2. The van der Waals surface area contributed by atoms with Gasteiger partial charge in [-0.1, -0.05) is 13.8 Å². The van der Waals surface area contributed by atoms with Gasteiger partial charge in [0, 0.05) is 11.8 Å². The van der Waals surface area contributed by atoms with Gasteiger partial charge in [-0.2, -0.15) is 0 Å². The van der Waals surface area contributed by atoms with Gasteiger partial charge in [0.25, 0.3) is 0 Å². The highest BCUT2D eigenvalue weighted by Crippen LogP contribution is 1.93. The van der Waals surface area contributed by atoms with Gasteiger partial charge >= 0.3 is 0 Å². The summed E-state index contributed by atoms with van der Waals surface area (Å²) >= 11 is 0. The Balaban J connectivity index is 3.84. The average Bonchev–Trinajstić information content (AvgIpc) is 1.87. The summed E-state index contributed by atoms with van der Waals surface area (Å²) < 4.78 is 22.1. The highest BCUT2D eigenvalue weighted by Gasteiger charge is 2.11. The number of nitrogens with one attached hydrogen (secondary N) is 1. The molecule has 1 N–H and O–H groups in total. The summed E-state index contributed by atoms with van der Waals surface area (Å²) in [6.07, 6.45) is 0. The summed E-state index contributed by atoms with van der Waals surface area (Å²) in [5.41, 5.74) is 0. The minimum absolute atomic E-state index is 0.0740. The third-order valence-corrected chi connectivity index (χ3v) is 3.38. The van der Waals surface area contributed by atoms with Crippen molar-refractivity contribution >= 4 is 9.84 Å². The maximum absolute atomic E-state index is 11.0. The predicted molar refractivity (Wildman–Crippen MR) is 47.5 cm³/mol. The number of hydrogen-bond acceptors (Lipinski definition) is 3. The lowest BCUT2D eigenvalue weighted by Gasteiger charge is -2.10. The fraction of sp³-hybridized carbons (Fsp3) is 1.00. The molecular formula is C7H17NO2S. The van der Waals surface area contributed by atoms with E-state index in [2.05, 4.69) is 5.32 Å². The molecular weight excluding hydrogens is 162 g/mol. The maximum atomic E-state index is 11.0. The van der Waals surface area contributed by atoms with Crippen molar-refractivity contribution in [3.8, 4) is 0 Å². The van der Waals surface area contributed by atoms with Gasteiger partial charge in [-0.05, 0) is 13.5 Å². The van der Waals surface area contributed by atoms with Crippen LogP contribution in [0.15, 0.2) is 0 Å². The van der Waals surface area contributed by atoms with Gasteiger partial charge in [-0.3, -0.25) is 0 Å². The fourth-order valence-electron chi connectivity index (χ4n) is 0.906. The molecule has 0 aromatic heterocycles. The van der Waals surface area contributed by atoms with Gasteiger partial charge in [0.1, 0.15) is 0 Å². The summed E-state index contributed by atoms with van der Waals surface area (Å²) in [7, 11) is -2.80. The predicted octanol–water partition coefficient (Wildman–Crippen LogP) is 0.419. The van der Waals surface area contributed by atoms with E-state index in [4.69, 9.17) is 0 Å². The minimum atomic E-state index is -2.80. The van der Waals surface area contributed by atoms with E-state index < -0.39 is 9.84 Å². The van der Waals surface area contributed by atoms with Gasteiger partial charge in [0.05, 0.1) is 5.75 Å². The second kappa shape index (κ2) is 4.72. The summed E-state index contributed by atoms with van der Waals surface area (Å²) in [5, 5.41) is 3.06. The Morgan fingerprint density at radius 2 is 1.91 bits per heavy atom. The van der Waals surface area contributed by atoms with Crippen molar-refractivity contribution in [3.63, 3.8) is 0 Å². The van der Waals surface area contributed by atoms with Crippen LogP contribution in [0.3, 0.4) is 0 Å². The van der Waals surface area contributed by atoms with E-state index in [9.17, 15) is 8.42 Å². The van der Waals surface area contributed by atoms with Crippen LogP contribution in [0.4, 0.5) is 0 Å². The van der Waals surface area contributed by atoms with Crippen LogP contribution in [0.25, 0.3) is 0 Å². The molecule has 11 heavy (non-hydrogen) atoms. The second-order valence-corrected chi connectivity index (χ2v) is 5.06. The molecule has 0 aliphatic rings. The molecule has 3 nitrogen and oxygen atoms in total. The molecule has 4 heteroatoms. The van der Waals surface area contributed by atoms with Crippen LogP contribution in [-0.2, 0) is 9.84 Å². The van der Waals surface area contributed by atoms with E-state index in [1.54, 1.807) is 6.92 Å². The molecule has 0 fully saturated rings. The summed E-state index contributed by atoms with van der Waals surface area (Å²) in [6.45, 7) is 6.35. The lowest BCUT2D eigenvalue weighted by molar-refractivity contribution is 0.567. The van der Waals surface area contributed by atoms with Crippen molar-refractivity contribution < 1.29 is 8.42 Å². The average molecular weight is 179 g/mol. The molecule has 0 saturated carbocycles. The zero-order valence-electron chi connectivity index (χ0n) is 7.42. The number of hydrogen-bond donors (Lipinski definition) is 1. The zero-order chi connectivity index (χ0) is 8.91.